The molecule has 1 unspecified atom stereocenters. The van der Waals surface area contributed by atoms with Gasteiger partial charge in [0, 0.05) is 6.42 Å². The molecule has 0 heterocycles. The molecule has 154 valence electrons. The first-order valence-electron chi connectivity index (χ1n) is 10.2. The molecule has 0 saturated carbocycles. The minimum absolute atomic E-state index is 0.109. The Morgan fingerprint density at radius 2 is 1.54 bits per heavy atom. The number of ether oxygens (including phenoxy) is 2. The van der Waals surface area contributed by atoms with Crippen molar-refractivity contribution in [3.63, 3.8) is 0 Å². The number of fused-ring (bicyclic) bond motifs is 1. The fourth-order valence-corrected chi connectivity index (χ4v) is 2.96. The van der Waals surface area contributed by atoms with Gasteiger partial charge < -0.3 is 9.47 Å². The Kier molecular flexibility index (Phi) is 6.60. The molecule has 0 radical (unpaired) electrons. The van der Waals surface area contributed by atoms with Crippen LogP contribution in [0.2, 0.25) is 0 Å². The van der Waals surface area contributed by atoms with E-state index in [1.807, 2.05) is 26.8 Å². The average Bonchev–Trinajstić information content (AvgIpc) is 2.59. The summed E-state index contributed by atoms with van der Waals surface area (Å²) in [6, 6.07) is 14.8. The SMILES string of the molecule is CC(C(=O)OC(C)(C)CCOC(C)(C)c1ccc2ccccc2c1)C(C)(C)C. The van der Waals surface area contributed by atoms with Gasteiger partial charge in [0.2, 0.25) is 0 Å². The fourth-order valence-electron chi connectivity index (χ4n) is 2.96. The van der Waals surface area contributed by atoms with Gasteiger partial charge in [0.05, 0.1) is 18.1 Å². The van der Waals surface area contributed by atoms with E-state index in [1.165, 1.54) is 10.8 Å². The number of esters is 1. The van der Waals surface area contributed by atoms with Crippen molar-refractivity contribution >= 4 is 16.7 Å². The lowest BCUT2D eigenvalue weighted by molar-refractivity contribution is -0.167. The van der Waals surface area contributed by atoms with E-state index in [4.69, 9.17) is 9.47 Å². The summed E-state index contributed by atoms with van der Waals surface area (Å²) in [4.78, 5) is 12.4. The van der Waals surface area contributed by atoms with Crippen LogP contribution in [0.25, 0.3) is 10.8 Å². The van der Waals surface area contributed by atoms with E-state index >= 15 is 0 Å². The summed E-state index contributed by atoms with van der Waals surface area (Å²) in [7, 11) is 0. The summed E-state index contributed by atoms with van der Waals surface area (Å²) in [6.45, 7) is 16.7. The summed E-state index contributed by atoms with van der Waals surface area (Å²) in [6.07, 6.45) is 0.645. The van der Waals surface area contributed by atoms with Crippen molar-refractivity contribution in [1.82, 2.24) is 0 Å². The van der Waals surface area contributed by atoms with Crippen LogP contribution in [-0.2, 0) is 19.9 Å². The molecule has 3 nitrogen and oxygen atoms in total. The van der Waals surface area contributed by atoms with E-state index in [0.29, 0.717) is 13.0 Å². The molecule has 0 aliphatic rings. The number of hydrogen-bond donors (Lipinski definition) is 0. The van der Waals surface area contributed by atoms with Crippen LogP contribution >= 0.6 is 0 Å². The van der Waals surface area contributed by atoms with Crippen molar-refractivity contribution in [3.8, 4) is 0 Å². The molecule has 28 heavy (non-hydrogen) atoms. The molecule has 0 N–H and O–H groups in total. The van der Waals surface area contributed by atoms with Crippen LogP contribution in [0.5, 0.6) is 0 Å². The highest BCUT2D eigenvalue weighted by molar-refractivity contribution is 5.83. The molecule has 3 heteroatoms. The Labute approximate surface area is 170 Å². The highest BCUT2D eigenvalue weighted by Gasteiger charge is 2.33. The molecule has 0 spiro atoms. The zero-order chi connectivity index (χ0) is 21.2. The highest BCUT2D eigenvalue weighted by atomic mass is 16.6. The number of hydrogen-bond acceptors (Lipinski definition) is 3. The maximum Gasteiger partial charge on any atom is 0.309 e. The summed E-state index contributed by atoms with van der Waals surface area (Å²) >= 11 is 0. The molecule has 0 aromatic heterocycles. The predicted molar refractivity (Wildman–Crippen MR) is 116 cm³/mol. The van der Waals surface area contributed by atoms with E-state index in [0.717, 1.165) is 5.56 Å². The van der Waals surface area contributed by atoms with E-state index in [-0.39, 0.29) is 17.3 Å². The van der Waals surface area contributed by atoms with Gasteiger partial charge in [-0.2, -0.15) is 0 Å². The molecular formula is C25H36O3. The van der Waals surface area contributed by atoms with Crippen molar-refractivity contribution in [2.24, 2.45) is 11.3 Å². The minimum atomic E-state index is -0.559. The van der Waals surface area contributed by atoms with Gasteiger partial charge in [0.25, 0.3) is 0 Å². The molecule has 0 aliphatic carbocycles. The van der Waals surface area contributed by atoms with Gasteiger partial charge >= 0.3 is 5.97 Å². The summed E-state index contributed by atoms with van der Waals surface area (Å²) < 4.78 is 12.0. The Balaban J connectivity index is 1.96. The number of benzene rings is 2. The molecule has 0 bridgehead atoms. The summed E-state index contributed by atoms with van der Waals surface area (Å²) in [5.41, 5.74) is 0.0583. The monoisotopic (exact) mass is 384 g/mol. The molecule has 0 amide bonds. The summed E-state index contributed by atoms with van der Waals surface area (Å²) in [5, 5.41) is 2.44. The van der Waals surface area contributed by atoms with Gasteiger partial charge in [0.1, 0.15) is 5.60 Å². The normalized spacial score (nSPS) is 14.1. The molecule has 0 fully saturated rings. The second-order valence-electron chi connectivity index (χ2n) is 9.94. The van der Waals surface area contributed by atoms with E-state index < -0.39 is 11.2 Å². The highest BCUT2D eigenvalue weighted by Crippen LogP contribution is 2.31. The van der Waals surface area contributed by atoms with Gasteiger partial charge in [-0.25, -0.2) is 0 Å². The first-order valence-corrected chi connectivity index (χ1v) is 10.2. The smallest absolute Gasteiger partial charge is 0.309 e. The van der Waals surface area contributed by atoms with Gasteiger partial charge in [-0.05, 0) is 55.5 Å². The van der Waals surface area contributed by atoms with Gasteiger partial charge in [-0.15, -0.1) is 0 Å². The molecule has 0 saturated heterocycles. The van der Waals surface area contributed by atoms with Crippen molar-refractivity contribution in [1.29, 1.82) is 0 Å². The van der Waals surface area contributed by atoms with Gasteiger partial charge in [-0.1, -0.05) is 64.1 Å². The van der Waals surface area contributed by atoms with Crippen LogP contribution in [0.1, 0.15) is 67.4 Å². The largest absolute Gasteiger partial charge is 0.459 e. The fraction of sp³-hybridized carbons (Fsp3) is 0.560. The van der Waals surface area contributed by atoms with Gasteiger partial charge in [0.15, 0.2) is 0 Å². The first kappa shape index (κ1) is 22.4. The quantitative estimate of drug-likeness (QED) is 0.512. The van der Waals surface area contributed by atoms with Crippen molar-refractivity contribution in [3.05, 3.63) is 48.0 Å². The number of rotatable bonds is 7. The van der Waals surface area contributed by atoms with Crippen LogP contribution in [0.15, 0.2) is 42.5 Å². The van der Waals surface area contributed by atoms with Crippen LogP contribution in [0.3, 0.4) is 0 Å². The lowest BCUT2D eigenvalue weighted by Gasteiger charge is -2.33. The molecular weight excluding hydrogens is 348 g/mol. The number of carbonyl (C=O) groups excluding carboxylic acids is 1. The predicted octanol–water partition coefficient (Wildman–Crippen LogP) is 6.49. The van der Waals surface area contributed by atoms with Crippen molar-refractivity contribution in [2.75, 3.05) is 6.61 Å². The Bertz CT molecular complexity index is 812. The second kappa shape index (κ2) is 8.24. The second-order valence-corrected chi connectivity index (χ2v) is 9.94. The first-order chi connectivity index (χ1) is 12.8. The van der Waals surface area contributed by atoms with E-state index in [9.17, 15) is 4.79 Å². The topological polar surface area (TPSA) is 35.5 Å². The molecule has 2 rings (SSSR count). The lowest BCUT2D eigenvalue weighted by atomic mass is 9.82. The third-order valence-corrected chi connectivity index (χ3v) is 5.64. The van der Waals surface area contributed by atoms with E-state index in [2.05, 4.69) is 71.0 Å². The summed E-state index contributed by atoms with van der Waals surface area (Å²) in [5.74, 6) is -0.298. The Morgan fingerprint density at radius 3 is 2.14 bits per heavy atom. The Morgan fingerprint density at radius 1 is 0.929 bits per heavy atom. The molecule has 1 atom stereocenters. The zero-order valence-electron chi connectivity index (χ0n) is 18.8. The number of carbonyl (C=O) groups is 1. The van der Waals surface area contributed by atoms with Crippen LogP contribution in [0.4, 0.5) is 0 Å². The maximum atomic E-state index is 12.4. The Hall–Kier alpha value is -1.87. The third-order valence-electron chi connectivity index (χ3n) is 5.64. The van der Waals surface area contributed by atoms with Crippen LogP contribution < -0.4 is 0 Å². The average molecular weight is 385 g/mol. The van der Waals surface area contributed by atoms with Gasteiger partial charge in [-0.3, -0.25) is 4.79 Å². The van der Waals surface area contributed by atoms with E-state index in [1.54, 1.807) is 0 Å². The molecule has 2 aromatic carbocycles. The molecule has 0 aliphatic heterocycles. The minimum Gasteiger partial charge on any atom is -0.459 e. The zero-order valence-corrected chi connectivity index (χ0v) is 18.8. The standard InChI is InChI=1S/C25H36O3/c1-18(23(2,3)4)22(26)28-24(5,6)15-16-27-25(7,8)21-14-13-19-11-9-10-12-20(19)17-21/h9-14,17-18H,15-16H2,1-8H3. The third kappa shape index (κ3) is 5.81. The lowest BCUT2D eigenvalue weighted by Crippen LogP contribution is -2.36. The molecule has 2 aromatic rings. The maximum absolute atomic E-state index is 12.4. The van der Waals surface area contributed by atoms with Crippen molar-refractivity contribution in [2.45, 2.75) is 73.0 Å². The van der Waals surface area contributed by atoms with Crippen LogP contribution in [0, 0.1) is 11.3 Å². The van der Waals surface area contributed by atoms with Crippen LogP contribution in [-0.4, -0.2) is 18.2 Å². The van der Waals surface area contributed by atoms with Crippen molar-refractivity contribution < 1.29 is 14.3 Å².